The first-order valence-electron chi connectivity index (χ1n) is 4.96. The van der Waals surface area contributed by atoms with Crippen LogP contribution in [0.1, 0.15) is 25.3 Å². The maximum absolute atomic E-state index is 10.2. The van der Waals surface area contributed by atoms with Crippen molar-refractivity contribution in [3.63, 3.8) is 0 Å². The average molecular weight is 188 g/mol. The van der Waals surface area contributed by atoms with Crippen molar-refractivity contribution in [3.8, 4) is 0 Å². The summed E-state index contributed by atoms with van der Waals surface area (Å²) in [5, 5.41) is 0. The number of hydrogen-bond acceptors (Lipinski definition) is 1. The molecular weight excluding hydrogens is 172 g/mol. The Morgan fingerprint density at radius 2 is 2.00 bits per heavy atom. The van der Waals surface area contributed by atoms with E-state index in [1.54, 1.807) is 0 Å². The second-order valence-electron chi connectivity index (χ2n) is 3.45. The van der Waals surface area contributed by atoms with Gasteiger partial charge in [0.2, 0.25) is 0 Å². The van der Waals surface area contributed by atoms with Crippen molar-refractivity contribution in [1.29, 1.82) is 0 Å². The molecule has 0 aliphatic carbocycles. The van der Waals surface area contributed by atoms with Crippen LogP contribution in [0.15, 0.2) is 42.0 Å². The van der Waals surface area contributed by atoms with Gasteiger partial charge in [-0.3, -0.25) is 0 Å². The van der Waals surface area contributed by atoms with E-state index in [1.165, 1.54) is 11.1 Å². The van der Waals surface area contributed by atoms with Gasteiger partial charge >= 0.3 is 0 Å². The van der Waals surface area contributed by atoms with Crippen molar-refractivity contribution in [2.24, 2.45) is 0 Å². The van der Waals surface area contributed by atoms with Crippen molar-refractivity contribution < 1.29 is 4.79 Å². The van der Waals surface area contributed by atoms with Crippen molar-refractivity contribution in [3.05, 3.63) is 47.5 Å². The van der Waals surface area contributed by atoms with Crippen LogP contribution in [0.3, 0.4) is 0 Å². The number of benzene rings is 1. The molecule has 0 unspecified atom stereocenters. The van der Waals surface area contributed by atoms with Crippen molar-refractivity contribution in [2.45, 2.75) is 26.2 Å². The Morgan fingerprint density at radius 1 is 1.29 bits per heavy atom. The van der Waals surface area contributed by atoms with Crippen LogP contribution in [0.4, 0.5) is 0 Å². The molecule has 1 aromatic carbocycles. The van der Waals surface area contributed by atoms with E-state index in [0.717, 1.165) is 19.1 Å². The Morgan fingerprint density at radius 3 is 2.64 bits per heavy atom. The molecule has 0 heterocycles. The van der Waals surface area contributed by atoms with Crippen LogP contribution in [0.5, 0.6) is 0 Å². The fourth-order valence-corrected chi connectivity index (χ4v) is 1.29. The summed E-state index contributed by atoms with van der Waals surface area (Å²) in [6.07, 6.45) is 5.65. The van der Waals surface area contributed by atoms with Gasteiger partial charge in [0, 0.05) is 6.42 Å². The Kier molecular flexibility index (Phi) is 4.70. The Labute approximate surface area is 85.5 Å². The van der Waals surface area contributed by atoms with E-state index in [0.29, 0.717) is 6.42 Å². The molecule has 0 bridgehead atoms. The lowest BCUT2D eigenvalue weighted by Crippen LogP contribution is -1.83. The van der Waals surface area contributed by atoms with Crippen LogP contribution in [0, 0.1) is 0 Å². The normalized spacial score (nSPS) is 11.4. The maximum Gasteiger partial charge on any atom is 0.120 e. The van der Waals surface area contributed by atoms with E-state index in [2.05, 4.69) is 25.1 Å². The highest BCUT2D eigenvalue weighted by molar-refractivity contribution is 5.49. The quantitative estimate of drug-likeness (QED) is 0.512. The molecule has 74 valence electrons. The number of carbonyl (C=O) groups excluding carboxylic acids is 1. The van der Waals surface area contributed by atoms with Crippen molar-refractivity contribution >= 4 is 6.29 Å². The lowest BCUT2D eigenvalue weighted by molar-refractivity contribution is -0.107. The topological polar surface area (TPSA) is 17.1 Å². The molecule has 14 heavy (non-hydrogen) atoms. The molecule has 0 radical (unpaired) electrons. The lowest BCUT2D eigenvalue weighted by atomic mass is 10.1. The van der Waals surface area contributed by atoms with Gasteiger partial charge in [0.1, 0.15) is 6.29 Å². The van der Waals surface area contributed by atoms with Gasteiger partial charge in [-0.05, 0) is 25.3 Å². The molecule has 0 N–H and O–H groups in total. The number of carbonyl (C=O) groups is 1. The Bertz CT molecular complexity index is 298. The van der Waals surface area contributed by atoms with Gasteiger partial charge in [0.05, 0.1) is 0 Å². The fourth-order valence-electron chi connectivity index (χ4n) is 1.29. The molecule has 0 aromatic heterocycles. The first-order valence-corrected chi connectivity index (χ1v) is 4.96. The Balaban J connectivity index is 2.42. The number of rotatable bonds is 5. The molecule has 1 rings (SSSR count). The third-order valence-electron chi connectivity index (χ3n) is 2.19. The van der Waals surface area contributed by atoms with Gasteiger partial charge < -0.3 is 4.79 Å². The lowest BCUT2D eigenvalue weighted by Gasteiger charge is -1.98. The van der Waals surface area contributed by atoms with Gasteiger partial charge in [-0.2, -0.15) is 0 Å². The second-order valence-corrected chi connectivity index (χ2v) is 3.45. The summed E-state index contributed by atoms with van der Waals surface area (Å²) < 4.78 is 0. The summed E-state index contributed by atoms with van der Waals surface area (Å²) in [7, 11) is 0. The van der Waals surface area contributed by atoms with Crippen LogP contribution >= 0.6 is 0 Å². The highest BCUT2D eigenvalue weighted by Crippen LogP contribution is 2.06. The largest absolute Gasteiger partial charge is 0.303 e. The molecule has 1 nitrogen and oxygen atoms in total. The standard InChI is InChI=1S/C13H16O/c1-12(6-5-11-14)9-10-13-7-3-2-4-8-13/h2-4,7-9,11H,5-6,10H2,1H3/b12-9+. The fraction of sp³-hybridized carbons (Fsp3) is 0.308. The van der Waals surface area contributed by atoms with E-state index >= 15 is 0 Å². The Hall–Kier alpha value is -1.37. The third-order valence-corrected chi connectivity index (χ3v) is 2.19. The maximum atomic E-state index is 10.2. The summed E-state index contributed by atoms with van der Waals surface area (Å²) in [6.45, 7) is 2.08. The summed E-state index contributed by atoms with van der Waals surface area (Å²) in [5.74, 6) is 0. The molecule has 0 spiro atoms. The van der Waals surface area contributed by atoms with Crippen LogP contribution in [-0.4, -0.2) is 6.29 Å². The minimum absolute atomic E-state index is 0.636. The minimum atomic E-state index is 0.636. The summed E-state index contributed by atoms with van der Waals surface area (Å²) in [6, 6.07) is 10.3. The zero-order valence-electron chi connectivity index (χ0n) is 8.57. The van der Waals surface area contributed by atoms with E-state index in [9.17, 15) is 4.79 Å². The van der Waals surface area contributed by atoms with E-state index in [-0.39, 0.29) is 0 Å². The van der Waals surface area contributed by atoms with Gasteiger partial charge in [0.15, 0.2) is 0 Å². The molecule has 0 aliphatic rings. The SMILES string of the molecule is C/C(=C\Cc1ccccc1)CCC=O. The molecule has 0 fully saturated rings. The molecular formula is C13H16O. The van der Waals surface area contributed by atoms with Crippen LogP contribution in [0.25, 0.3) is 0 Å². The first-order chi connectivity index (χ1) is 6.83. The zero-order chi connectivity index (χ0) is 10.2. The monoisotopic (exact) mass is 188 g/mol. The smallest absolute Gasteiger partial charge is 0.120 e. The summed E-state index contributed by atoms with van der Waals surface area (Å²) in [4.78, 5) is 10.2. The van der Waals surface area contributed by atoms with Gasteiger partial charge in [-0.25, -0.2) is 0 Å². The molecule has 0 aliphatic heterocycles. The second kappa shape index (κ2) is 6.14. The van der Waals surface area contributed by atoms with Gasteiger partial charge in [-0.15, -0.1) is 0 Å². The zero-order valence-corrected chi connectivity index (χ0v) is 8.57. The molecule has 0 saturated heterocycles. The predicted molar refractivity (Wildman–Crippen MR) is 59.2 cm³/mol. The molecule has 1 aromatic rings. The summed E-state index contributed by atoms with van der Waals surface area (Å²) >= 11 is 0. The van der Waals surface area contributed by atoms with Crippen molar-refractivity contribution in [1.82, 2.24) is 0 Å². The van der Waals surface area contributed by atoms with E-state index in [4.69, 9.17) is 0 Å². The van der Waals surface area contributed by atoms with Gasteiger partial charge in [-0.1, -0.05) is 42.0 Å². The van der Waals surface area contributed by atoms with E-state index in [1.807, 2.05) is 18.2 Å². The van der Waals surface area contributed by atoms with Crippen LogP contribution in [0.2, 0.25) is 0 Å². The van der Waals surface area contributed by atoms with Crippen molar-refractivity contribution in [2.75, 3.05) is 0 Å². The highest BCUT2D eigenvalue weighted by atomic mass is 16.1. The first kappa shape index (κ1) is 10.7. The summed E-state index contributed by atoms with van der Waals surface area (Å²) in [5.41, 5.74) is 2.61. The number of hydrogen-bond donors (Lipinski definition) is 0. The molecule has 0 saturated carbocycles. The molecule has 1 heteroatoms. The third kappa shape index (κ3) is 4.04. The molecule has 0 atom stereocenters. The average Bonchev–Trinajstić information content (AvgIpc) is 2.25. The van der Waals surface area contributed by atoms with Gasteiger partial charge in [0.25, 0.3) is 0 Å². The minimum Gasteiger partial charge on any atom is -0.303 e. The predicted octanol–water partition coefficient (Wildman–Crippen LogP) is 3.15. The highest BCUT2D eigenvalue weighted by Gasteiger charge is 1.91. The van der Waals surface area contributed by atoms with E-state index < -0.39 is 0 Å². The molecule has 0 amide bonds. The van der Waals surface area contributed by atoms with Crippen LogP contribution in [-0.2, 0) is 11.2 Å². The number of aldehydes is 1. The number of allylic oxidation sites excluding steroid dienone is 2. The van der Waals surface area contributed by atoms with Crippen LogP contribution < -0.4 is 0 Å².